The summed E-state index contributed by atoms with van der Waals surface area (Å²) in [5, 5.41) is 11.3. The summed E-state index contributed by atoms with van der Waals surface area (Å²) in [7, 11) is 0. The fourth-order valence-electron chi connectivity index (χ4n) is 6.44. The van der Waals surface area contributed by atoms with Crippen LogP contribution in [0.4, 0.5) is 0 Å². The molecule has 1 atom stereocenters. The number of nitrogen functional groups attached to an aromatic ring is 1. The molecule has 2 aromatic carbocycles. The predicted octanol–water partition coefficient (Wildman–Crippen LogP) is 3.64. The van der Waals surface area contributed by atoms with Crippen LogP contribution >= 0.6 is 0 Å². The maximum absolute atomic E-state index is 13.7. The van der Waals surface area contributed by atoms with Gasteiger partial charge >= 0.3 is 0 Å². The van der Waals surface area contributed by atoms with Crippen molar-refractivity contribution in [3.8, 4) is 0 Å². The molecule has 0 spiro atoms. The number of fused-ring (bicyclic) bond motifs is 3. The van der Waals surface area contributed by atoms with Crippen molar-refractivity contribution in [3.05, 3.63) is 65.0 Å². The molecule has 1 unspecified atom stereocenters. The second kappa shape index (κ2) is 8.79. The molecule has 2 aliphatic heterocycles. The minimum atomic E-state index is -0.376. The topological polar surface area (TPSA) is 100 Å². The van der Waals surface area contributed by atoms with Gasteiger partial charge in [0.1, 0.15) is 11.7 Å². The van der Waals surface area contributed by atoms with Crippen LogP contribution in [0.15, 0.2) is 42.5 Å². The van der Waals surface area contributed by atoms with Crippen LogP contribution in [0.5, 0.6) is 0 Å². The van der Waals surface area contributed by atoms with Gasteiger partial charge in [-0.25, -0.2) is 4.98 Å². The van der Waals surface area contributed by atoms with Crippen molar-refractivity contribution in [1.82, 2.24) is 19.8 Å². The van der Waals surface area contributed by atoms with Gasteiger partial charge in [0.2, 0.25) is 5.91 Å². The summed E-state index contributed by atoms with van der Waals surface area (Å²) in [6, 6.07) is 14.6. The van der Waals surface area contributed by atoms with E-state index in [0.29, 0.717) is 5.91 Å². The zero-order valence-corrected chi connectivity index (χ0v) is 20.2. The van der Waals surface area contributed by atoms with Gasteiger partial charge in [-0.3, -0.25) is 10.2 Å². The van der Waals surface area contributed by atoms with Crippen molar-refractivity contribution in [2.45, 2.75) is 62.9 Å². The highest BCUT2D eigenvalue weighted by molar-refractivity contribution is 5.95. The summed E-state index contributed by atoms with van der Waals surface area (Å²) in [5.74, 6) is 1.49. The summed E-state index contributed by atoms with van der Waals surface area (Å²) in [6.45, 7) is 3.60. The van der Waals surface area contributed by atoms with E-state index in [0.717, 1.165) is 99.1 Å². The molecule has 7 nitrogen and oxygen atoms in total. The van der Waals surface area contributed by atoms with Crippen LogP contribution in [-0.2, 0) is 23.2 Å². The third-order valence-corrected chi connectivity index (χ3v) is 8.33. The van der Waals surface area contributed by atoms with Crippen molar-refractivity contribution < 1.29 is 4.79 Å². The molecule has 182 valence electrons. The number of nitrogens with zero attached hydrogens (tertiary/aromatic N) is 3. The zero-order valence-electron chi connectivity index (χ0n) is 20.2. The van der Waals surface area contributed by atoms with Crippen molar-refractivity contribution in [2.75, 3.05) is 19.6 Å². The second-order valence-corrected chi connectivity index (χ2v) is 10.4. The number of hydrogen-bond donors (Lipinski definition) is 3. The number of carbonyl (C=O) groups is 1. The summed E-state index contributed by atoms with van der Waals surface area (Å²) in [5.41, 5.74) is 10.5. The SMILES string of the molecule is N=C(N)c1ccc(CC2NCCn3c2nc2cc(C4(C(=O)N5CCCC5)CCCC4)ccc23)cc1. The fourth-order valence-corrected chi connectivity index (χ4v) is 6.44. The van der Waals surface area contributed by atoms with Gasteiger partial charge in [-0.1, -0.05) is 43.2 Å². The van der Waals surface area contributed by atoms with E-state index in [2.05, 4.69) is 33.0 Å². The van der Waals surface area contributed by atoms with Gasteiger partial charge < -0.3 is 20.5 Å². The van der Waals surface area contributed by atoms with E-state index < -0.39 is 0 Å². The Kier molecular flexibility index (Phi) is 5.60. The third-order valence-electron chi connectivity index (χ3n) is 8.33. The first-order valence-electron chi connectivity index (χ1n) is 13.0. The molecule has 0 bridgehead atoms. The molecule has 7 heteroatoms. The van der Waals surface area contributed by atoms with E-state index in [4.69, 9.17) is 16.1 Å². The highest BCUT2D eigenvalue weighted by Crippen LogP contribution is 2.44. The fraction of sp³-hybridized carbons (Fsp3) is 0.464. The lowest BCUT2D eigenvalue weighted by molar-refractivity contribution is -0.136. The third kappa shape index (κ3) is 3.82. The second-order valence-electron chi connectivity index (χ2n) is 10.4. The lowest BCUT2D eigenvalue weighted by Crippen LogP contribution is -2.44. The number of nitrogens with two attached hydrogens (primary N) is 1. The largest absolute Gasteiger partial charge is 0.384 e. The number of likely N-dealkylation sites (tertiary alicyclic amines) is 1. The number of amides is 1. The van der Waals surface area contributed by atoms with Crippen LogP contribution in [-0.4, -0.2) is 45.8 Å². The van der Waals surface area contributed by atoms with Gasteiger partial charge in [0.15, 0.2) is 0 Å². The van der Waals surface area contributed by atoms with Gasteiger partial charge in [-0.15, -0.1) is 0 Å². The molecule has 3 heterocycles. The lowest BCUT2D eigenvalue weighted by atomic mass is 9.77. The quantitative estimate of drug-likeness (QED) is 0.391. The number of rotatable bonds is 5. The first-order chi connectivity index (χ1) is 17.0. The molecule has 1 saturated heterocycles. The van der Waals surface area contributed by atoms with E-state index in [1.807, 2.05) is 24.3 Å². The highest BCUT2D eigenvalue weighted by atomic mass is 16.2. The average molecular weight is 471 g/mol. The summed E-state index contributed by atoms with van der Waals surface area (Å²) in [4.78, 5) is 20.9. The summed E-state index contributed by atoms with van der Waals surface area (Å²) >= 11 is 0. The Morgan fingerprint density at radius 3 is 2.51 bits per heavy atom. The molecular formula is C28H34N6O. The van der Waals surface area contributed by atoms with Crippen molar-refractivity contribution in [2.24, 2.45) is 5.73 Å². The maximum Gasteiger partial charge on any atom is 0.233 e. The number of carbonyl (C=O) groups excluding carboxylic acids is 1. The van der Waals surface area contributed by atoms with E-state index in [-0.39, 0.29) is 17.3 Å². The standard InChI is InChI=1S/C28H34N6O/c29-25(30)20-7-5-19(6-8-20)17-23-26-32-22-18-21(9-10-24(22)34(26)16-13-31-23)28(11-1-2-12-28)27(35)33-14-3-4-15-33/h5-10,18,23,31H,1-4,11-17H2,(H3,29,30). The van der Waals surface area contributed by atoms with Crippen LogP contribution in [0.2, 0.25) is 0 Å². The van der Waals surface area contributed by atoms with Gasteiger partial charge in [0.05, 0.1) is 22.5 Å². The minimum Gasteiger partial charge on any atom is -0.384 e. The van der Waals surface area contributed by atoms with E-state index in [1.165, 1.54) is 5.56 Å². The van der Waals surface area contributed by atoms with Crippen molar-refractivity contribution >= 4 is 22.8 Å². The van der Waals surface area contributed by atoms with Crippen LogP contribution in [0, 0.1) is 5.41 Å². The number of benzene rings is 2. The maximum atomic E-state index is 13.7. The minimum absolute atomic E-state index is 0.0909. The molecule has 1 saturated carbocycles. The van der Waals surface area contributed by atoms with Crippen molar-refractivity contribution in [1.29, 1.82) is 5.41 Å². The Hall–Kier alpha value is -3.19. The lowest BCUT2D eigenvalue weighted by Gasteiger charge is -2.33. The number of hydrogen-bond acceptors (Lipinski definition) is 4. The van der Waals surface area contributed by atoms with Crippen molar-refractivity contribution in [3.63, 3.8) is 0 Å². The highest BCUT2D eigenvalue weighted by Gasteiger charge is 2.45. The Balaban J connectivity index is 1.33. The Bertz CT molecular complexity index is 1260. The molecule has 4 N–H and O–H groups in total. The van der Waals surface area contributed by atoms with Crippen LogP contribution in [0.3, 0.4) is 0 Å². The molecular weight excluding hydrogens is 436 g/mol. The number of aromatic nitrogens is 2. The molecule has 3 aromatic rings. The van der Waals surface area contributed by atoms with Gasteiger partial charge in [0, 0.05) is 31.7 Å². The monoisotopic (exact) mass is 470 g/mol. The van der Waals surface area contributed by atoms with Crippen LogP contribution in [0.25, 0.3) is 11.0 Å². The zero-order chi connectivity index (χ0) is 24.0. The predicted molar refractivity (Wildman–Crippen MR) is 138 cm³/mol. The number of amidine groups is 1. The normalized spacial score (nSPS) is 21.4. The van der Waals surface area contributed by atoms with Gasteiger partial charge in [-0.05, 0) is 55.4 Å². The number of imidazole rings is 1. The molecule has 6 rings (SSSR count). The molecule has 1 aromatic heterocycles. The smallest absolute Gasteiger partial charge is 0.233 e. The van der Waals surface area contributed by atoms with E-state index in [9.17, 15) is 4.79 Å². The van der Waals surface area contributed by atoms with Gasteiger partial charge in [0.25, 0.3) is 0 Å². The molecule has 1 amide bonds. The average Bonchev–Trinajstić information content (AvgIpc) is 3.64. The molecule has 3 aliphatic rings. The Labute approximate surface area is 206 Å². The van der Waals surface area contributed by atoms with Gasteiger partial charge in [-0.2, -0.15) is 0 Å². The Morgan fingerprint density at radius 2 is 1.80 bits per heavy atom. The molecule has 35 heavy (non-hydrogen) atoms. The first-order valence-corrected chi connectivity index (χ1v) is 13.0. The van der Waals surface area contributed by atoms with E-state index in [1.54, 1.807) is 0 Å². The first kappa shape index (κ1) is 22.3. The Morgan fingerprint density at radius 1 is 1.06 bits per heavy atom. The van der Waals surface area contributed by atoms with E-state index >= 15 is 0 Å². The molecule has 1 aliphatic carbocycles. The summed E-state index contributed by atoms with van der Waals surface area (Å²) in [6.07, 6.45) is 7.20. The number of nitrogens with one attached hydrogen (secondary N) is 2. The summed E-state index contributed by atoms with van der Waals surface area (Å²) < 4.78 is 2.34. The van der Waals surface area contributed by atoms with Crippen LogP contribution in [0.1, 0.15) is 67.1 Å². The van der Waals surface area contributed by atoms with Crippen LogP contribution < -0.4 is 11.1 Å². The molecule has 2 fully saturated rings. The molecule has 0 radical (unpaired) electrons.